The van der Waals surface area contributed by atoms with E-state index in [-0.39, 0.29) is 11.3 Å². The molecule has 0 aliphatic heterocycles. The third-order valence-electron chi connectivity index (χ3n) is 27.8. The molecule has 4 atom stereocenters. The smallest absolute Gasteiger partial charge is 0.0622 e. The van der Waals surface area contributed by atoms with Crippen LogP contribution in [0.2, 0.25) is 0 Å². The Hall–Kier alpha value is -9.62. The molecule has 8 aliphatic rings. The highest BCUT2D eigenvalue weighted by Gasteiger charge is 2.75. The molecule has 27 aromatic carbocycles. The van der Waals surface area contributed by atoms with Gasteiger partial charge < -0.3 is 0 Å². The summed E-state index contributed by atoms with van der Waals surface area (Å²) in [7, 11) is 0. The van der Waals surface area contributed by atoms with Gasteiger partial charge >= 0.3 is 0 Å². The Kier molecular flexibility index (Phi) is 2.91. The zero-order chi connectivity index (χ0) is 47.5. The SMILES string of the molecule is c1ccc(C[C@]23c4c5c6c7c8c9c%10c%11c%12c%13c%14c%15c(c%16c%17c2c2c4c4c6c6c%18c7c%10c7c%10c%11c%11c%13c%13c%14c%16c%14c%17c%16c2c2c4c6c4c(c%187)c6c%10c%11c7c%13c%14c%10c%16c2c4c6c7%10)[C@H]3C(=C%15[C@]9%12c2ccccc2)[C@@]85c2ccccc2)cc1. The van der Waals surface area contributed by atoms with Gasteiger partial charge in [0.1, 0.15) is 0 Å². The lowest BCUT2D eigenvalue weighted by Gasteiger charge is -2.57. The molecule has 0 N–H and O–H groups in total. The van der Waals surface area contributed by atoms with Crippen molar-refractivity contribution in [3.05, 3.63) is 158 Å². The Balaban J connectivity index is 1.11. The van der Waals surface area contributed by atoms with E-state index in [9.17, 15) is 0 Å². The Morgan fingerprint density at radius 2 is 0.532 bits per heavy atom. The van der Waals surface area contributed by atoms with E-state index in [0.717, 1.165) is 6.42 Å². The molecule has 8 aliphatic carbocycles. The minimum Gasteiger partial charge on any atom is -0.0622 e. The average Bonchev–Trinajstić information content (AvgIpc) is 1.41. The highest BCUT2D eigenvalue weighted by Crippen LogP contribution is 2.89. The predicted octanol–water partition coefficient (Wildman–Crippen LogP) is 19.9. The molecular formula is C79H18. The van der Waals surface area contributed by atoms with Gasteiger partial charge in [-0.3, -0.25) is 0 Å². The maximum absolute atomic E-state index is 2.64. The molecule has 0 saturated carbocycles. The number of hydrogen-bond acceptors (Lipinski definition) is 0. The van der Waals surface area contributed by atoms with Crippen molar-refractivity contribution < 1.29 is 0 Å². The summed E-state index contributed by atoms with van der Waals surface area (Å²) in [5.74, 6) is 0.164. The maximum atomic E-state index is 2.64. The molecule has 0 unspecified atom stereocenters. The summed E-state index contributed by atoms with van der Waals surface area (Å²) in [5, 5.41) is 76.2. The van der Waals surface area contributed by atoms with E-state index < -0.39 is 10.8 Å². The van der Waals surface area contributed by atoms with E-state index in [0.29, 0.717) is 0 Å². The summed E-state index contributed by atoms with van der Waals surface area (Å²) in [6, 6.07) is 37.0. The second kappa shape index (κ2) is 7.43. The normalized spacial score (nSPS) is 24.2. The fourth-order valence-corrected chi connectivity index (χ4v) is 27.6. The van der Waals surface area contributed by atoms with Gasteiger partial charge in [0.05, 0.1) is 10.8 Å². The highest BCUT2D eigenvalue weighted by atomic mass is 14.8. The minimum atomic E-state index is -0.484. The topological polar surface area (TPSA) is 0 Å². The van der Waals surface area contributed by atoms with Crippen molar-refractivity contribution in [3.63, 3.8) is 0 Å². The summed E-state index contributed by atoms with van der Waals surface area (Å²) in [5.41, 5.74) is 20.5. The summed E-state index contributed by atoms with van der Waals surface area (Å²) >= 11 is 0. The molecule has 0 heteroatoms. The van der Waals surface area contributed by atoms with Crippen LogP contribution < -0.4 is 0 Å². The minimum absolute atomic E-state index is 0.164. The fraction of sp³-hybridized carbons (Fsp3) is 0.0633. The van der Waals surface area contributed by atoms with Gasteiger partial charge in [0.25, 0.3) is 0 Å². The van der Waals surface area contributed by atoms with E-state index in [4.69, 9.17) is 0 Å². The summed E-state index contributed by atoms with van der Waals surface area (Å²) in [6.07, 6.45) is 1.01. The van der Waals surface area contributed by atoms with Gasteiger partial charge in [-0.15, -0.1) is 0 Å². The Bertz CT molecular complexity index is 7910. The summed E-state index contributed by atoms with van der Waals surface area (Å²) in [6.45, 7) is 0. The van der Waals surface area contributed by atoms with Crippen LogP contribution in [0.15, 0.2) is 96.6 Å². The average molecular weight is 967 g/mol. The molecule has 0 bridgehead atoms. The molecule has 0 spiro atoms. The fourth-order valence-electron chi connectivity index (χ4n) is 27.6. The van der Waals surface area contributed by atoms with Crippen molar-refractivity contribution >= 4 is 253 Å². The monoisotopic (exact) mass is 966 g/mol. The first kappa shape index (κ1) is 31.0. The summed E-state index contributed by atoms with van der Waals surface area (Å²) < 4.78 is 0. The third-order valence-corrected chi connectivity index (χ3v) is 27.8. The molecule has 0 heterocycles. The number of rotatable bonds is 4. The molecule has 0 saturated heterocycles. The lowest BCUT2D eigenvalue weighted by Crippen LogP contribution is -2.52. The molecule has 334 valence electrons. The molecule has 35 rings (SSSR count). The molecule has 0 amide bonds. The molecule has 27 aromatic rings. The molecule has 0 nitrogen and oxygen atoms in total. The lowest BCUT2D eigenvalue weighted by atomic mass is 9.43. The largest absolute Gasteiger partial charge is 0.0730 e. The first-order valence-electron chi connectivity index (χ1n) is 29.6. The van der Waals surface area contributed by atoms with Gasteiger partial charge in [-0.25, -0.2) is 0 Å². The number of benzene rings is 19. The lowest BCUT2D eigenvalue weighted by molar-refractivity contribution is 0.403. The van der Waals surface area contributed by atoms with Crippen LogP contribution >= 0.6 is 0 Å². The van der Waals surface area contributed by atoms with Crippen molar-refractivity contribution in [1.29, 1.82) is 0 Å². The van der Waals surface area contributed by atoms with Gasteiger partial charge in [-0.2, -0.15) is 0 Å². The van der Waals surface area contributed by atoms with Crippen LogP contribution in [0.4, 0.5) is 0 Å². The van der Waals surface area contributed by atoms with Crippen LogP contribution in [0.1, 0.15) is 67.1 Å². The standard InChI is InChI=1S/C79H18/c1-4-10-17(11-5-1)16-77-68-58-48-42-28-26-21-20-22-24-25-23(20)31-33-27(21)29(28)43-45-44(42)56(58)63-67-57(45)59-49(43)47(33)51-37(31)39-35(25)41-40-34(24)38-36-30(22)32(26)46(48)50(36)60(68)62-52(38)53(40)65-66-55(41)54(39)64-61(51)69(59)78(18-12-6-2-7-13-18)73(64)74(66)79(72(65)70(62)77,19-14-8-3-9-15-19)76(71(63)77)75(67)78/h1-15,71H,16H2/t71-,77+,78-,79+/m0/s1. The predicted molar refractivity (Wildman–Crippen MR) is 328 cm³/mol. The van der Waals surface area contributed by atoms with Gasteiger partial charge in [-0.05, 0) is 327 Å². The first-order chi connectivity index (χ1) is 39.4. The zero-order valence-corrected chi connectivity index (χ0v) is 40.9. The van der Waals surface area contributed by atoms with Crippen molar-refractivity contribution in [2.24, 2.45) is 0 Å². The van der Waals surface area contributed by atoms with Crippen molar-refractivity contribution in [3.8, 4) is 0 Å². The molecule has 0 fully saturated rings. The van der Waals surface area contributed by atoms with Crippen LogP contribution in [-0.4, -0.2) is 0 Å². The Labute approximate surface area is 437 Å². The van der Waals surface area contributed by atoms with E-state index >= 15 is 0 Å². The maximum Gasteiger partial charge on any atom is 0.0730 e. The van der Waals surface area contributed by atoms with Gasteiger partial charge in [0.2, 0.25) is 0 Å². The van der Waals surface area contributed by atoms with Crippen LogP contribution in [0.5, 0.6) is 0 Å². The van der Waals surface area contributed by atoms with Crippen molar-refractivity contribution in [2.75, 3.05) is 0 Å². The van der Waals surface area contributed by atoms with Crippen LogP contribution in [0.25, 0.3) is 253 Å². The van der Waals surface area contributed by atoms with Crippen LogP contribution in [0, 0.1) is 0 Å². The van der Waals surface area contributed by atoms with Gasteiger partial charge in [0, 0.05) is 11.3 Å². The number of allylic oxidation sites excluding steroid dienone is 2. The zero-order valence-electron chi connectivity index (χ0n) is 40.9. The highest BCUT2D eigenvalue weighted by molar-refractivity contribution is 6.79. The quantitative estimate of drug-likeness (QED) is 0.154. The molecule has 0 radical (unpaired) electrons. The molecule has 0 aromatic heterocycles. The van der Waals surface area contributed by atoms with E-state index in [2.05, 4.69) is 91.0 Å². The summed E-state index contributed by atoms with van der Waals surface area (Å²) in [4.78, 5) is 0. The second-order valence-corrected chi connectivity index (χ2v) is 28.4. The van der Waals surface area contributed by atoms with Gasteiger partial charge in [-0.1, -0.05) is 91.0 Å². The Morgan fingerprint density at radius 3 is 0.975 bits per heavy atom. The second-order valence-electron chi connectivity index (χ2n) is 28.4. The van der Waals surface area contributed by atoms with Crippen LogP contribution in [-0.2, 0) is 22.7 Å². The van der Waals surface area contributed by atoms with Crippen molar-refractivity contribution in [2.45, 2.75) is 28.6 Å². The van der Waals surface area contributed by atoms with Gasteiger partial charge in [0.15, 0.2) is 0 Å². The van der Waals surface area contributed by atoms with E-state index in [1.165, 1.54) is 16.7 Å². The van der Waals surface area contributed by atoms with E-state index in [1.807, 2.05) is 0 Å². The van der Waals surface area contributed by atoms with Crippen LogP contribution in [0.3, 0.4) is 0 Å². The third kappa shape index (κ3) is 1.80. The van der Waals surface area contributed by atoms with E-state index in [1.54, 1.807) is 303 Å². The van der Waals surface area contributed by atoms with Crippen molar-refractivity contribution in [1.82, 2.24) is 0 Å². The molecular weight excluding hydrogens is 949 g/mol. The molecule has 79 heavy (non-hydrogen) atoms. The first-order valence-corrected chi connectivity index (χ1v) is 29.6. The Morgan fingerprint density at radius 1 is 0.241 bits per heavy atom. The number of hydrogen-bond donors (Lipinski definition) is 0.